The first-order valence-corrected chi connectivity index (χ1v) is 6.76. The second-order valence-electron chi connectivity index (χ2n) is 5.19. The second-order valence-corrected chi connectivity index (χ2v) is 5.19. The van der Waals surface area contributed by atoms with E-state index < -0.39 is 10.9 Å². The lowest BCUT2D eigenvalue weighted by molar-refractivity contribution is -0.385. The number of ether oxygens (including phenoxy) is 1. The number of anilines is 1. The van der Waals surface area contributed by atoms with Crippen LogP contribution in [0.3, 0.4) is 0 Å². The molecule has 1 aliphatic rings. The van der Waals surface area contributed by atoms with Gasteiger partial charge in [0.05, 0.1) is 18.0 Å². The fourth-order valence-corrected chi connectivity index (χ4v) is 2.85. The zero-order chi connectivity index (χ0) is 15.6. The maximum absolute atomic E-state index is 11.3. The number of rotatable bonds is 4. The molecule has 1 N–H and O–H groups in total. The van der Waals surface area contributed by atoms with Gasteiger partial charge in [-0.25, -0.2) is 0 Å². The molecule has 7 nitrogen and oxygen atoms in total. The van der Waals surface area contributed by atoms with Crippen LogP contribution in [0.4, 0.5) is 11.4 Å². The van der Waals surface area contributed by atoms with E-state index >= 15 is 0 Å². The molecule has 114 valence electrons. The number of methoxy groups -OCH3 is 1. The molecule has 0 spiro atoms. The van der Waals surface area contributed by atoms with Gasteiger partial charge >= 0.3 is 11.7 Å². The molecule has 0 aromatic heterocycles. The highest BCUT2D eigenvalue weighted by molar-refractivity contribution is 5.73. The third kappa shape index (κ3) is 2.91. The highest BCUT2D eigenvalue weighted by atomic mass is 16.6. The van der Waals surface area contributed by atoms with Crippen LogP contribution >= 0.6 is 0 Å². The van der Waals surface area contributed by atoms with Crippen LogP contribution in [0, 0.1) is 16.0 Å². The minimum atomic E-state index is -0.804. The van der Waals surface area contributed by atoms with E-state index in [1.54, 1.807) is 18.2 Å². The molecule has 2 atom stereocenters. The molecular formula is C14H18N2O5. The Morgan fingerprint density at radius 2 is 2.24 bits per heavy atom. The van der Waals surface area contributed by atoms with Gasteiger partial charge in [0.15, 0.2) is 5.75 Å². The summed E-state index contributed by atoms with van der Waals surface area (Å²) in [6.45, 7) is 2.37. The van der Waals surface area contributed by atoms with Crippen LogP contribution in [0.5, 0.6) is 5.75 Å². The Hall–Kier alpha value is -2.31. The molecule has 7 heteroatoms. The van der Waals surface area contributed by atoms with Gasteiger partial charge in [0.1, 0.15) is 5.69 Å². The predicted octanol–water partition coefficient (Wildman–Crippen LogP) is 2.29. The van der Waals surface area contributed by atoms with E-state index in [2.05, 4.69) is 0 Å². The van der Waals surface area contributed by atoms with Gasteiger partial charge in [0.2, 0.25) is 0 Å². The van der Waals surface area contributed by atoms with E-state index in [1.807, 2.05) is 11.8 Å². The Morgan fingerprint density at radius 3 is 2.76 bits per heavy atom. The van der Waals surface area contributed by atoms with Gasteiger partial charge in [-0.3, -0.25) is 14.9 Å². The number of hydrogen-bond donors (Lipinski definition) is 1. The van der Waals surface area contributed by atoms with Gasteiger partial charge in [0, 0.05) is 12.6 Å². The molecule has 1 fully saturated rings. The summed E-state index contributed by atoms with van der Waals surface area (Å²) >= 11 is 0. The predicted molar refractivity (Wildman–Crippen MR) is 76.8 cm³/mol. The number of hydrogen-bond acceptors (Lipinski definition) is 5. The lowest BCUT2D eigenvalue weighted by atomic mass is 9.91. The number of carboxylic acid groups (broad SMARTS) is 1. The van der Waals surface area contributed by atoms with Gasteiger partial charge in [-0.1, -0.05) is 6.07 Å². The zero-order valence-electron chi connectivity index (χ0n) is 12.0. The second kappa shape index (κ2) is 5.99. The zero-order valence-corrected chi connectivity index (χ0v) is 12.0. The first kappa shape index (κ1) is 15.1. The van der Waals surface area contributed by atoms with Crippen molar-refractivity contribution < 1.29 is 19.6 Å². The molecular weight excluding hydrogens is 276 g/mol. The molecule has 2 unspecified atom stereocenters. The van der Waals surface area contributed by atoms with Crippen LogP contribution in [0.25, 0.3) is 0 Å². The molecule has 0 amide bonds. The number of aliphatic carboxylic acids is 1. The Balaban J connectivity index is 2.35. The first-order valence-electron chi connectivity index (χ1n) is 6.76. The number of carboxylic acids is 1. The van der Waals surface area contributed by atoms with Crippen molar-refractivity contribution in [1.82, 2.24) is 0 Å². The topological polar surface area (TPSA) is 92.9 Å². The van der Waals surface area contributed by atoms with Crippen molar-refractivity contribution in [2.45, 2.75) is 25.8 Å². The molecule has 1 saturated heterocycles. The fourth-order valence-electron chi connectivity index (χ4n) is 2.85. The van der Waals surface area contributed by atoms with E-state index in [4.69, 9.17) is 9.84 Å². The molecule has 0 saturated carbocycles. The molecule has 0 radical (unpaired) electrons. The minimum absolute atomic E-state index is 0.0689. The summed E-state index contributed by atoms with van der Waals surface area (Å²) in [7, 11) is 1.40. The maximum Gasteiger partial charge on any atom is 0.333 e. The minimum Gasteiger partial charge on any atom is -0.490 e. The quantitative estimate of drug-likeness (QED) is 0.676. The van der Waals surface area contributed by atoms with E-state index in [1.165, 1.54) is 7.11 Å². The summed E-state index contributed by atoms with van der Waals surface area (Å²) in [5.41, 5.74) is 0.413. The summed E-state index contributed by atoms with van der Waals surface area (Å²) in [6.07, 6.45) is 0.956. The van der Waals surface area contributed by atoms with Crippen molar-refractivity contribution in [3.63, 3.8) is 0 Å². The van der Waals surface area contributed by atoms with Gasteiger partial charge in [-0.2, -0.15) is 0 Å². The maximum atomic E-state index is 11.3. The van der Waals surface area contributed by atoms with Crippen LogP contribution in [0.1, 0.15) is 19.8 Å². The number of nitrogens with zero attached hydrogens (tertiary/aromatic N) is 2. The van der Waals surface area contributed by atoms with Crippen molar-refractivity contribution >= 4 is 17.3 Å². The highest BCUT2D eigenvalue weighted by Crippen LogP contribution is 2.40. The average molecular weight is 294 g/mol. The third-order valence-corrected chi connectivity index (χ3v) is 3.92. The lowest BCUT2D eigenvalue weighted by Crippen LogP contribution is -2.43. The van der Waals surface area contributed by atoms with Crippen LogP contribution < -0.4 is 9.64 Å². The molecule has 1 aromatic rings. The number of para-hydroxylation sites is 1. The molecule has 1 aromatic carbocycles. The molecule has 1 aliphatic heterocycles. The van der Waals surface area contributed by atoms with Crippen molar-refractivity contribution in [1.29, 1.82) is 0 Å². The molecule has 0 aliphatic carbocycles. The van der Waals surface area contributed by atoms with Crippen LogP contribution in [0.2, 0.25) is 0 Å². The summed E-state index contributed by atoms with van der Waals surface area (Å²) < 4.78 is 5.07. The number of carbonyl (C=O) groups is 1. The van der Waals surface area contributed by atoms with Crippen LogP contribution in [0.15, 0.2) is 18.2 Å². The Labute approximate surface area is 122 Å². The SMILES string of the molecule is COc1cccc(N2CCC(C(=O)O)CC2C)c1[N+](=O)[O-]. The van der Waals surface area contributed by atoms with Gasteiger partial charge in [-0.15, -0.1) is 0 Å². The smallest absolute Gasteiger partial charge is 0.333 e. The molecule has 0 bridgehead atoms. The fraction of sp³-hybridized carbons (Fsp3) is 0.500. The number of piperidine rings is 1. The largest absolute Gasteiger partial charge is 0.490 e. The summed E-state index contributed by atoms with van der Waals surface area (Å²) in [6, 6.07) is 4.86. The number of nitro groups is 1. The standard InChI is InChI=1S/C14H18N2O5/c1-9-8-10(14(17)18)6-7-15(9)11-4-3-5-12(21-2)13(11)16(19)20/h3-5,9-10H,6-8H2,1-2H3,(H,17,18). The Morgan fingerprint density at radius 1 is 1.52 bits per heavy atom. The van der Waals surface area contributed by atoms with E-state index in [9.17, 15) is 14.9 Å². The van der Waals surface area contributed by atoms with Crippen molar-refractivity contribution in [2.75, 3.05) is 18.6 Å². The normalized spacial score (nSPS) is 21.9. The number of benzene rings is 1. The van der Waals surface area contributed by atoms with Crippen molar-refractivity contribution in [2.24, 2.45) is 5.92 Å². The van der Waals surface area contributed by atoms with Crippen molar-refractivity contribution in [3.8, 4) is 5.75 Å². The first-order chi connectivity index (χ1) is 9.95. The van der Waals surface area contributed by atoms with Gasteiger partial charge < -0.3 is 14.7 Å². The highest BCUT2D eigenvalue weighted by Gasteiger charge is 2.33. The van der Waals surface area contributed by atoms with Crippen LogP contribution in [-0.4, -0.2) is 35.7 Å². The van der Waals surface area contributed by atoms with E-state index in [-0.39, 0.29) is 23.4 Å². The third-order valence-electron chi connectivity index (χ3n) is 3.92. The number of nitro benzene ring substituents is 1. The summed E-state index contributed by atoms with van der Waals surface area (Å²) in [4.78, 5) is 23.8. The molecule has 21 heavy (non-hydrogen) atoms. The summed E-state index contributed by atoms with van der Waals surface area (Å²) in [5.74, 6) is -0.979. The molecule has 2 rings (SSSR count). The monoisotopic (exact) mass is 294 g/mol. The van der Waals surface area contributed by atoms with E-state index in [0.29, 0.717) is 25.1 Å². The average Bonchev–Trinajstić information content (AvgIpc) is 2.46. The lowest BCUT2D eigenvalue weighted by Gasteiger charge is -2.37. The van der Waals surface area contributed by atoms with Crippen molar-refractivity contribution in [3.05, 3.63) is 28.3 Å². The van der Waals surface area contributed by atoms with E-state index in [0.717, 1.165) is 0 Å². The van der Waals surface area contributed by atoms with Gasteiger partial charge in [0.25, 0.3) is 0 Å². The Bertz CT molecular complexity index is 560. The summed E-state index contributed by atoms with van der Waals surface area (Å²) in [5, 5.41) is 20.4. The van der Waals surface area contributed by atoms with Gasteiger partial charge in [-0.05, 0) is 31.9 Å². The Kier molecular flexibility index (Phi) is 4.30. The molecule has 1 heterocycles. The van der Waals surface area contributed by atoms with Crippen LogP contribution in [-0.2, 0) is 4.79 Å².